The Hall–Kier alpha value is -0.920. The maximum Gasteiger partial charge on any atom is 0.432 e. The van der Waals surface area contributed by atoms with E-state index in [2.05, 4.69) is 15.9 Å². The molecule has 0 saturated heterocycles. The average molecular weight is 292 g/mol. The van der Waals surface area contributed by atoms with Gasteiger partial charge in [0.2, 0.25) is 0 Å². The van der Waals surface area contributed by atoms with Gasteiger partial charge in [0.05, 0.1) is 5.56 Å². The van der Waals surface area contributed by atoms with Crippen LogP contribution in [0.15, 0.2) is 15.3 Å². The van der Waals surface area contributed by atoms with Crippen LogP contribution in [0, 0.1) is 0 Å². The molecule has 1 aromatic heterocycles. The fourth-order valence-corrected chi connectivity index (χ4v) is 1.46. The van der Waals surface area contributed by atoms with E-state index in [0.717, 1.165) is 0 Å². The van der Waals surface area contributed by atoms with Gasteiger partial charge in [-0.1, -0.05) is 0 Å². The van der Waals surface area contributed by atoms with Crippen LogP contribution in [-0.4, -0.2) is 4.98 Å². The lowest BCUT2D eigenvalue weighted by Crippen LogP contribution is -2.20. The summed E-state index contributed by atoms with van der Waals surface area (Å²) in [6.07, 6.45) is -7.91. The zero-order valence-corrected chi connectivity index (χ0v) is 8.42. The first-order chi connectivity index (χ1) is 6.73. The SMILES string of the molecule is O=c1[nH]c(C(F)(F)F)c(Br)cc1C(F)F. The lowest BCUT2D eigenvalue weighted by atomic mass is 10.2. The number of H-pyrrole nitrogens is 1. The third kappa shape index (κ3) is 2.55. The molecule has 1 aromatic rings. The summed E-state index contributed by atoms with van der Waals surface area (Å²) in [5.41, 5.74) is -3.83. The maximum atomic E-state index is 12.2. The summed E-state index contributed by atoms with van der Waals surface area (Å²) in [4.78, 5) is 12.2. The Morgan fingerprint density at radius 1 is 1.33 bits per heavy atom. The van der Waals surface area contributed by atoms with Crippen LogP contribution in [0.1, 0.15) is 17.7 Å². The van der Waals surface area contributed by atoms with Crippen molar-refractivity contribution in [1.82, 2.24) is 4.98 Å². The first-order valence-corrected chi connectivity index (χ1v) is 4.31. The Morgan fingerprint density at radius 3 is 2.27 bits per heavy atom. The first-order valence-electron chi connectivity index (χ1n) is 3.51. The molecule has 0 radical (unpaired) electrons. The molecule has 0 fully saturated rings. The largest absolute Gasteiger partial charge is 0.432 e. The molecular weight excluding hydrogens is 289 g/mol. The van der Waals surface area contributed by atoms with Gasteiger partial charge in [-0.15, -0.1) is 0 Å². The van der Waals surface area contributed by atoms with E-state index in [1.54, 1.807) is 0 Å². The molecule has 0 amide bonds. The van der Waals surface area contributed by atoms with Gasteiger partial charge in [-0.05, 0) is 22.0 Å². The Labute approximate surface area is 88.2 Å². The molecule has 2 nitrogen and oxygen atoms in total. The summed E-state index contributed by atoms with van der Waals surface area (Å²) in [5.74, 6) is 0. The molecule has 0 aromatic carbocycles. The van der Waals surface area contributed by atoms with E-state index in [1.807, 2.05) is 0 Å². The quantitative estimate of drug-likeness (QED) is 0.793. The van der Waals surface area contributed by atoms with Crippen LogP contribution in [0.5, 0.6) is 0 Å². The van der Waals surface area contributed by atoms with Crippen molar-refractivity contribution in [3.8, 4) is 0 Å². The second-order valence-corrected chi connectivity index (χ2v) is 3.43. The molecule has 0 aliphatic rings. The number of rotatable bonds is 1. The number of aromatic nitrogens is 1. The number of aromatic amines is 1. The van der Waals surface area contributed by atoms with Crippen LogP contribution in [0.4, 0.5) is 22.0 Å². The van der Waals surface area contributed by atoms with Gasteiger partial charge in [0, 0.05) is 4.47 Å². The van der Waals surface area contributed by atoms with E-state index in [9.17, 15) is 26.7 Å². The standard InChI is InChI=1S/C7H3BrF5NO/c8-3-1-2(5(9)10)6(15)14-4(3)7(11,12)13/h1,5H,(H,14,15). The van der Waals surface area contributed by atoms with E-state index < -0.39 is 33.9 Å². The minimum absolute atomic E-state index is 0.465. The number of pyridine rings is 1. The smallest absolute Gasteiger partial charge is 0.317 e. The van der Waals surface area contributed by atoms with Crippen molar-refractivity contribution in [3.05, 3.63) is 32.2 Å². The second-order valence-electron chi connectivity index (χ2n) is 2.58. The van der Waals surface area contributed by atoms with Crippen molar-refractivity contribution < 1.29 is 22.0 Å². The minimum Gasteiger partial charge on any atom is -0.317 e. The first kappa shape index (κ1) is 12.2. The summed E-state index contributed by atoms with van der Waals surface area (Å²) < 4.78 is 60.1. The van der Waals surface area contributed by atoms with Gasteiger partial charge in [0.15, 0.2) is 0 Å². The third-order valence-electron chi connectivity index (χ3n) is 1.54. The molecule has 0 aliphatic carbocycles. The highest BCUT2D eigenvalue weighted by atomic mass is 79.9. The van der Waals surface area contributed by atoms with Crippen molar-refractivity contribution in [3.63, 3.8) is 0 Å². The summed E-state index contributed by atoms with van der Waals surface area (Å²) in [7, 11) is 0. The molecule has 84 valence electrons. The highest BCUT2D eigenvalue weighted by Crippen LogP contribution is 2.33. The van der Waals surface area contributed by atoms with Crippen molar-refractivity contribution in [1.29, 1.82) is 0 Å². The van der Waals surface area contributed by atoms with Crippen molar-refractivity contribution in [2.45, 2.75) is 12.6 Å². The van der Waals surface area contributed by atoms with Crippen LogP contribution in [0.25, 0.3) is 0 Å². The third-order valence-corrected chi connectivity index (χ3v) is 2.17. The predicted molar refractivity (Wildman–Crippen MR) is 44.7 cm³/mol. The summed E-state index contributed by atoms with van der Waals surface area (Å²) >= 11 is 2.46. The maximum absolute atomic E-state index is 12.2. The normalized spacial score (nSPS) is 12.2. The Kier molecular flexibility index (Phi) is 3.17. The number of alkyl halides is 5. The summed E-state index contributed by atoms with van der Waals surface area (Å²) in [6, 6.07) is 0.465. The molecule has 0 atom stereocenters. The van der Waals surface area contributed by atoms with Crippen LogP contribution in [0.3, 0.4) is 0 Å². The van der Waals surface area contributed by atoms with Crippen molar-refractivity contribution >= 4 is 15.9 Å². The molecule has 1 rings (SSSR count). The predicted octanol–water partition coefficient (Wildman–Crippen LogP) is 3.09. The van der Waals surface area contributed by atoms with Gasteiger partial charge in [0.1, 0.15) is 5.69 Å². The van der Waals surface area contributed by atoms with E-state index in [0.29, 0.717) is 6.07 Å². The van der Waals surface area contributed by atoms with Gasteiger partial charge in [-0.2, -0.15) is 13.2 Å². The van der Waals surface area contributed by atoms with E-state index in [4.69, 9.17) is 0 Å². The van der Waals surface area contributed by atoms with E-state index in [-0.39, 0.29) is 0 Å². The van der Waals surface area contributed by atoms with Gasteiger partial charge >= 0.3 is 6.18 Å². The van der Waals surface area contributed by atoms with Crippen LogP contribution < -0.4 is 5.56 Å². The second kappa shape index (κ2) is 3.92. The van der Waals surface area contributed by atoms with Gasteiger partial charge in [-0.25, -0.2) is 8.78 Å². The molecule has 1 N–H and O–H groups in total. The molecule has 0 bridgehead atoms. The Bertz CT molecular complexity index is 424. The fourth-order valence-electron chi connectivity index (χ4n) is 0.888. The lowest BCUT2D eigenvalue weighted by Gasteiger charge is -2.09. The minimum atomic E-state index is -4.79. The van der Waals surface area contributed by atoms with Gasteiger partial charge in [0.25, 0.3) is 12.0 Å². The molecule has 1 heterocycles. The monoisotopic (exact) mass is 291 g/mol. The highest BCUT2D eigenvalue weighted by molar-refractivity contribution is 9.10. The number of nitrogens with one attached hydrogen (secondary N) is 1. The van der Waals surface area contributed by atoms with Gasteiger partial charge < -0.3 is 4.98 Å². The molecule has 0 spiro atoms. The number of hydrogen-bond acceptors (Lipinski definition) is 1. The van der Waals surface area contributed by atoms with Crippen LogP contribution in [0.2, 0.25) is 0 Å². The Balaban J connectivity index is 3.39. The van der Waals surface area contributed by atoms with Crippen LogP contribution in [-0.2, 0) is 6.18 Å². The van der Waals surface area contributed by atoms with E-state index >= 15 is 0 Å². The summed E-state index contributed by atoms with van der Waals surface area (Å²) in [6.45, 7) is 0. The highest BCUT2D eigenvalue weighted by Gasteiger charge is 2.35. The van der Waals surface area contributed by atoms with Gasteiger partial charge in [-0.3, -0.25) is 4.79 Å². The topological polar surface area (TPSA) is 32.9 Å². The zero-order valence-electron chi connectivity index (χ0n) is 6.83. The lowest BCUT2D eigenvalue weighted by molar-refractivity contribution is -0.142. The molecule has 0 unspecified atom stereocenters. The Morgan fingerprint density at radius 2 is 1.87 bits per heavy atom. The van der Waals surface area contributed by atoms with Crippen LogP contribution >= 0.6 is 15.9 Å². The van der Waals surface area contributed by atoms with Crippen molar-refractivity contribution in [2.24, 2.45) is 0 Å². The average Bonchev–Trinajstić information content (AvgIpc) is 2.06. The van der Waals surface area contributed by atoms with E-state index in [1.165, 1.54) is 4.98 Å². The summed E-state index contributed by atoms with van der Waals surface area (Å²) in [5, 5.41) is 0. The molecule has 0 saturated carbocycles. The fraction of sp³-hybridized carbons (Fsp3) is 0.286. The molecule has 0 aliphatic heterocycles. The molecular formula is C7H3BrF5NO. The zero-order chi connectivity index (χ0) is 11.8. The number of halogens is 6. The molecule has 15 heavy (non-hydrogen) atoms. The number of hydrogen-bond donors (Lipinski definition) is 1. The van der Waals surface area contributed by atoms with Crippen molar-refractivity contribution in [2.75, 3.05) is 0 Å². The molecule has 8 heteroatoms.